The van der Waals surface area contributed by atoms with Crippen molar-refractivity contribution in [2.24, 2.45) is 5.73 Å². The fraction of sp³-hybridized carbons (Fsp3) is 0.318. The van der Waals surface area contributed by atoms with Crippen LogP contribution in [0.4, 0.5) is 0 Å². The Kier molecular flexibility index (Phi) is 7.32. The smallest absolute Gasteiger partial charge is 0.243 e. The Bertz CT molecular complexity index is 829. The van der Waals surface area contributed by atoms with E-state index in [9.17, 15) is 14.4 Å². The summed E-state index contributed by atoms with van der Waals surface area (Å²) < 4.78 is 0. The number of carbonyl (C=O) groups is 3. The molecule has 2 aromatic carbocycles. The van der Waals surface area contributed by atoms with E-state index in [1.54, 1.807) is 0 Å². The fourth-order valence-corrected chi connectivity index (χ4v) is 3.17. The SMILES string of the molecule is CC(=O)N[C@H](Cc1ccccc1)C(=O)N[C@@H](Cc1c(C)cccc1C)C(N)=O. The predicted molar refractivity (Wildman–Crippen MR) is 108 cm³/mol. The van der Waals surface area contributed by atoms with Crippen LogP contribution in [-0.2, 0) is 27.2 Å². The third-order valence-corrected chi connectivity index (χ3v) is 4.69. The van der Waals surface area contributed by atoms with Crippen LogP contribution in [0.1, 0.15) is 29.2 Å². The number of nitrogens with two attached hydrogens (primary N) is 1. The summed E-state index contributed by atoms with van der Waals surface area (Å²) in [5, 5.41) is 5.37. The van der Waals surface area contributed by atoms with Gasteiger partial charge in [0.05, 0.1) is 0 Å². The number of carbonyl (C=O) groups excluding carboxylic acids is 3. The van der Waals surface area contributed by atoms with Crippen LogP contribution in [0, 0.1) is 13.8 Å². The molecule has 0 fully saturated rings. The van der Waals surface area contributed by atoms with Crippen LogP contribution in [-0.4, -0.2) is 29.8 Å². The highest BCUT2D eigenvalue weighted by Gasteiger charge is 2.26. The molecule has 6 nitrogen and oxygen atoms in total. The first-order valence-electron chi connectivity index (χ1n) is 9.23. The van der Waals surface area contributed by atoms with Crippen molar-refractivity contribution in [3.8, 4) is 0 Å². The zero-order chi connectivity index (χ0) is 20.7. The molecule has 148 valence electrons. The standard InChI is InChI=1S/C22H27N3O3/c1-14-8-7-9-15(2)18(14)13-19(21(23)27)25-22(28)20(24-16(3)26)12-17-10-5-4-6-11-17/h4-11,19-20H,12-13H2,1-3H3,(H2,23,27)(H,24,26)(H,25,28)/t19-,20+/m0/s1. The Labute approximate surface area is 165 Å². The highest BCUT2D eigenvalue weighted by atomic mass is 16.2. The van der Waals surface area contributed by atoms with Gasteiger partial charge in [-0.15, -0.1) is 0 Å². The molecule has 2 rings (SSSR count). The number of primary amides is 1. The van der Waals surface area contributed by atoms with Gasteiger partial charge in [0, 0.05) is 19.8 Å². The van der Waals surface area contributed by atoms with Gasteiger partial charge in [0.25, 0.3) is 0 Å². The van der Waals surface area contributed by atoms with E-state index in [-0.39, 0.29) is 5.91 Å². The first-order chi connectivity index (χ1) is 13.3. The van der Waals surface area contributed by atoms with Crippen LogP contribution >= 0.6 is 0 Å². The van der Waals surface area contributed by atoms with E-state index in [1.165, 1.54) is 6.92 Å². The van der Waals surface area contributed by atoms with E-state index in [4.69, 9.17) is 5.73 Å². The molecule has 0 saturated carbocycles. The Morgan fingerprint density at radius 2 is 1.46 bits per heavy atom. The summed E-state index contributed by atoms with van der Waals surface area (Å²) >= 11 is 0. The zero-order valence-electron chi connectivity index (χ0n) is 16.5. The van der Waals surface area contributed by atoms with Crippen molar-refractivity contribution in [1.82, 2.24) is 10.6 Å². The third kappa shape index (κ3) is 5.94. The van der Waals surface area contributed by atoms with Gasteiger partial charge >= 0.3 is 0 Å². The van der Waals surface area contributed by atoms with Gasteiger partial charge < -0.3 is 16.4 Å². The summed E-state index contributed by atoms with van der Waals surface area (Å²) in [6.45, 7) is 5.27. The Morgan fingerprint density at radius 3 is 2.00 bits per heavy atom. The second-order valence-electron chi connectivity index (χ2n) is 6.98. The lowest BCUT2D eigenvalue weighted by atomic mass is 9.95. The summed E-state index contributed by atoms with van der Waals surface area (Å²) in [5.74, 6) is -1.37. The number of nitrogens with one attached hydrogen (secondary N) is 2. The lowest BCUT2D eigenvalue weighted by Gasteiger charge is -2.23. The fourth-order valence-electron chi connectivity index (χ4n) is 3.17. The van der Waals surface area contributed by atoms with Crippen molar-refractivity contribution < 1.29 is 14.4 Å². The second kappa shape index (κ2) is 9.69. The lowest BCUT2D eigenvalue weighted by molar-refractivity contribution is -0.130. The average Bonchev–Trinajstić information content (AvgIpc) is 2.63. The second-order valence-corrected chi connectivity index (χ2v) is 6.98. The molecule has 4 N–H and O–H groups in total. The van der Waals surface area contributed by atoms with E-state index in [1.807, 2.05) is 62.4 Å². The predicted octanol–water partition coefficient (Wildman–Crippen LogP) is 1.56. The first-order valence-corrected chi connectivity index (χ1v) is 9.23. The molecule has 0 bridgehead atoms. The maximum Gasteiger partial charge on any atom is 0.243 e. The molecule has 0 aliphatic heterocycles. The molecular formula is C22H27N3O3. The number of amides is 3. The summed E-state index contributed by atoms with van der Waals surface area (Å²) in [5.41, 5.74) is 9.49. The van der Waals surface area contributed by atoms with Gasteiger partial charge in [0.15, 0.2) is 0 Å². The molecule has 0 aliphatic carbocycles. The molecule has 0 radical (unpaired) electrons. The minimum absolute atomic E-state index is 0.303. The van der Waals surface area contributed by atoms with E-state index >= 15 is 0 Å². The van der Waals surface area contributed by atoms with Gasteiger partial charge in [-0.2, -0.15) is 0 Å². The first kappa shape index (κ1) is 21.2. The molecule has 2 aromatic rings. The lowest BCUT2D eigenvalue weighted by Crippen LogP contribution is -2.54. The largest absolute Gasteiger partial charge is 0.368 e. The summed E-state index contributed by atoms with van der Waals surface area (Å²) in [7, 11) is 0. The molecule has 6 heteroatoms. The third-order valence-electron chi connectivity index (χ3n) is 4.69. The van der Waals surface area contributed by atoms with Gasteiger partial charge in [0.2, 0.25) is 17.7 Å². The molecule has 0 aromatic heterocycles. The normalized spacial score (nSPS) is 12.7. The molecule has 0 heterocycles. The topological polar surface area (TPSA) is 101 Å². The van der Waals surface area contributed by atoms with E-state index in [2.05, 4.69) is 10.6 Å². The van der Waals surface area contributed by atoms with Crippen molar-refractivity contribution >= 4 is 17.7 Å². The summed E-state index contributed by atoms with van der Waals surface area (Å²) in [6.07, 6.45) is 0.624. The Balaban J connectivity index is 2.17. The van der Waals surface area contributed by atoms with Gasteiger partial charge in [-0.3, -0.25) is 14.4 Å². The molecule has 0 unspecified atom stereocenters. The summed E-state index contributed by atoms with van der Waals surface area (Å²) in [6, 6.07) is 13.6. The highest BCUT2D eigenvalue weighted by molar-refractivity contribution is 5.91. The van der Waals surface area contributed by atoms with Crippen LogP contribution in [0.2, 0.25) is 0 Å². The molecule has 2 atom stereocenters. The molecule has 0 spiro atoms. The minimum atomic E-state index is -0.862. The van der Waals surface area contributed by atoms with Gasteiger partial charge in [-0.05, 0) is 36.1 Å². The van der Waals surface area contributed by atoms with Crippen LogP contribution in [0.5, 0.6) is 0 Å². The highest BCUT2D eigenvalue weighted by Crippen LogP contribution is 2.15. The van der Waals surface area contributed by atoms with E-state index < -0.39 is 23.9 Å². The maximum absolute atomic E-state index is 12.8. The molecule has 0 saturated heterocycles. The van der Waals surface area contributed by atoms with Crippen molar-refractivity contribution in [3.63, 3.8) is 0 Å². The zero-order valence-corrected chi connectivity index (χ0v) is 16.5. The number of rotatable bonds is 8. The molecule has 3 amide bonds. The van der Waals surface area contributed by atoms with Gasteiger partial charge in [0.1, 0.15) is 12.1 Å². The number of hydrogen-bond donors (Lipinski definition) is 3. The maximum atomic E-state index is 12.8. The quantitative estimate of drug-likeness (QED) is 0.647. The Morgan fingerprint density at radius 1 is 0.857 bits per heavy atom. The molecule has 28 heavy (non-hydrogen) atoms. The van der Waals surface area contributed by atoms with Gasteiger partial charge in [-0.1, -0.05) is 48.5 Å². The van der Waals surface area contributed by atoms with Crippen molar-refractivity contribution in [2.75, 3.05) is 0 Å². The van der Waals surface area contributed by atoms with E-state index in [0.29, 0.717) is 12.8 Å². The van der Waals surface area contributed by atoms with Crippen LogP contribution in [0.15, 0.2) is 48.5 Å². The monoisotopic (exact) mass is 381 g/mol. The van der Waals surface area contributed by atoms with Crippen LogP contribution < -0.4 is 16.4 Å². The number of hydrogen-bond acceptors (Lipinski definition) is 3. The van der Waals surface area contributed by atoms with Gasteiger partial charge in [-0.25, -0.2) is 0 Å². The van der Waals surface area contributed by atoms with Crippen molar-refractivity contribution in [1.29, 1.82) is 0 Å². The van der Waals surface area contributed by atoms with Crippen molar-refractivity contribution in [2.45, 2.75) is 45.7 Å². The number of aryl methyl sites for hydroxylation is 2. The minimum Gasteiger partial charge on any atom is -0.368 e. The van der Waals surface area contributed by atoms with Crippen molar-refractivity contribution in [3.05, 3.63) is 70.8 Å². The summed E-state index contributed by atoms with van der Waals surface area (Å²) in [4.78, 5) is 36.4. The Hall–Kier alpha value is -3.15. The molecule has 0 aliphatic rings. The molecular weight excluding hydrogens is 354 g/mol. The van der Waals surface area contributed by atoms with E-state index in [0.717, 1.165) is 22.3 Å². The van der Waals surface area contributed by atoms with Crippen LogP contribution in [0.3, 0.4) is 0 Å². The number of benzene rings is 2. The van der Waals surface area contributed by atoms with Crippen LogP contribution in [0.25, 0.3) is 0 Å². The average molecular weight is 381 g/mol.